The third kappa shape index (κ3) is 2.29. The lowest BCUT2D eigenvalue weighted by atomic mass is 9.70. The third-order valence-corrected chi connectivity index (χ3v) is 4.77. The number of fused-ring (bicyclic) bond motifs is 1. The highest BCUT2D eigenvalue weighted by molar-refractivity contribution is 5.96. The molecule has 0 aliphatic carbocycles. The molecule has 1 saturated heterocycles. The molecule has 7 heteroatoms. The van der Waals surface area contributed by atoms with Crippen molar-refractivity contribution in [2.75, 3.05) is 0 Å². The van der Waals surface area contributed by atoms with Crippen molar-refractivity contribution in [1.82, 2.24) is 9.88 Å². The van der Waals surface area contributed by atoms with E-state index in [0.29, 0.717) is 11.1 Å². The molecular weight excluding hydrogens is 318 g/mol. The van der Waals surface area contributed by atoms with Crippen LogP contribution in [0.15, 0.2) is 48.5 Å². The minimum atomic E-state index is -1.53. The molecule has 0 saturated carbocycles. The maximum absolute atomic E-state index is 12.2. The number of carbonyl (C=O) groups is 2. The quantitative estimate of drug-likeness (QED) is 0.871. The number of Topliss-reactive ketones (excluding diaryl/α,β-unsaturated/α-hetero) is 1. The van der Waals surface area contributed by atoms with Gasteiger partial charge >= 0.3 is 0 Å². The fourth-order valence-electron chi connectivity index (χ4n) is 3.64. The zero-order chi connectivity index (χ0) is 18.2. The second-order valence-electron chi connectivity index (χ2n) is 6.10. The van der Waals surface area contributed by atoms with Crippen molar-refractivity contribution in [3.8, 4) is 12.1 Å². The Bertz CT molecular complexity index is 861. The Morgan fingerprint density at radius 2 is 2.08 bits per heavy atom. The van der Waals surface area contributed by atoms with Gasteiger partial charge in [0.05, 0.1) is 18.2 Å². The van der Waals surface area contributed by atoms with Crippen molar-refractivity contribution in [3.63, 3.8) is 0 Å². The lowest BCUT2D eigenvalue weighted by Gasteiger charge is -2.30. The minimum absolute atomic E-state index is 0.178. The van der Waals surface area contributed by atoms with E-state index < -0.39 is 29.3 Å². The Kier molecular flexibility index (Phi) is 3.86. The topological polar surface area (TPSA) is 124 Å². The smallest absolute Gasteiger partial charge is 0.240 e. The Hall–Kier alpha value is -3.45. The van der Waals surface area contributed by atoms with E-state index >= 15 is 0 Å². The van der Waals surface area contributed by atoms with Gasteiger partial charge < -0.3 is 10.6 Å². The van der Waals surface area contributed by atoms with Crippen LogP contribution >= 0.6 is 0 Å². The first kappa shape index (κ1) is 16.4. The van der Waals surface area contributed by atoms with E-state index in [-0.39, 0.29) is 5.78 Å². The summed E-state index contributed by atoms with van der Waals surface area (Å²) in [7, 11) is 0. The molecular formula is C18H15N5O2. The van der Waals surface area contributed by atoms with Crippen LogP contribution < -0.4 is 5.73 Å². The maximum atomic E-state index is 12.2. The number of carbonyl (C=O) groups excluding carboxylic acids is 2. The van der Waals surface area contributed by atoms with Gasteiger partial charge in [-0.15, -0.1) is 0 Å². The largest absolute Gasteiger partial charge is 0.368 e. The number of pyridine rings is 1. The van der Waals surface area contributed by atoms with E-state index in [1.807, 2.05) is 0 Å². The molecule has 1 aromatic rings. The molecule has 1 amide bonds. The van der Waals surface area contributed by atoms with Crippen molar-refractivity contribution in [3.05, 3.63) is 54.0 Å². The number of primary amides is 1. The van der Waals surface area contributed by atoms with Crippen LogP contribution in [0.1, 0.15) is 18.4 Å². The van der Waals surface area contributed by atoms with Crippen molar-refractivity contribution < 1.29 is 9.59 Å². The molecule has 3 atom stereocenters. The molecule has 7 nitrogen and oxygen atoms in total. The monoisotopic (exact) mass is 333 g/mol. The van der Waals surface area contributed by atoms with Crippen molar-refractivity contribution in [2.24, 2.45) is 11.1 Å². The van der Waals surface area contributed by atoms with Crippen LogP contribution in [0.3, 0.4) is 0 Å². The molecule has 2 aliphatic heterocycles. The molecule has 2 N–H and O–H groups in total. The fourth-order valence-corrected chi connectivity index (χ4v) is 3.64. The van der Waals surface area contributed by atoms with E-state index in [9.17, 15) is 20.1 Å². The number of rotatable bonds is 3. The van der Waals surface area contributed by atoms with E-state index in [1.165, 1.54) is 19.3 Å². The molecule has 0 spiro atoms. The molecule has 0 radical (unpaired) electrons. The van der Waals surface area contributed by atoms with Crippen LogP contribution in [0.25, 0.3) is 0 Å². The maximum Gasteiger partial charge on any atom is 0.240 e. The first-order chi connectivity index (χ1) is 12.0. The Morgan fingerprint density at radius 1 is 1.36 bits per heavy atom. The van der Waals surface area contributed by atoms with Crippen molar-refractivity contribution in [1.29, 1.82) is 10.5 Å². The van der Waals surface area contributed by atoms with Gasteiger partial charge in [-0.1, -0.05) is 18.2 Å². The van der Waals surface area contributed by atoms with Gasteiger partial charge in [0.15, 0.2) is 11.2 Å². The van der Waals surface area contributed by atoms with Crippen LogP contribution in [0.2, 0.25) is 0 Å². The second kappa shape index (κ2) is 5.88. The van der Waals surface area contributed by atoms with Crippen LogP contribution in [0.5, 0.6) is 0 Å². The van der Waals surface area contributed by atoms with Crippen LogP contribution in [0.4, 0.5) is 0 Å². The van der Waals surface area contributed by atoms with Gasteiger partial charge in [0, 0.05) is 30.1 Å². The first-order valence-corrected chi connectivity index (χ1v) is 7.66. The predicted octanol–water partition coefficient (Wildman–Crippen LogP) is 0.780. The lowest BCUT2D eigenvalue weighted by molar-refractivity contribution is -0.122. The summed E-state index contributed by atoms with van der Waals surface area (Å²) in [6.07, 6.45) is 7.81. The van der Waals surface area contributed by atoms with Gasteiger partial charge in [-0.25, -0.2) is 0 Å². The zero-order valence-electron chi connectivity index (χ0n) is 13.5. The van der Waals surface area contributed by atoms with E-state index in [1.54, 1.807) is 35.4 Å². The number of hydrogen-bond donors (Lipinski definition) is 1. The molecule has 1 aromatic heterocycles. The van der Waals surface area contributed by atoms with Crippen molar-refractivity contribution >= 4 is 11.7 Å². The van der Waals surface area contributed by atoms with Gasteiger partial charge in [0.2, 0.25) is 5.91 Å². The predicted molar refractivity (Wildman–Crippen MR) is 87.2 cm³/mol. The van der Waals surface area contributed by atoms with Gasteiger partial charge in [-0.3, -0.25) is 14.6 Å². The Labute approximate surface area is 144 Å². The van der Waals surface area contributed by atoms with Crippen molar-refractivity contribution in [2.45, 2.75) is 24.9 Å². The van der Waals surface area contributed by atoms with Gasteiger partial charge in [0.1, 0.15) is 6.04 Å². The minimum Gasteiger partial charge on any atom is -0.368 e. The van der Waals surface area contributed by atoms with Crippen LogP contribution in [-0.2, 0) is 9.59 Å². The van der Waals surface area contributed by atoms with Gasteiger partial charge in [-0.05, 0) is 18.6 Å². The Balaban J connectivity index is 2.24. The normalized spacial score (nSPS) is 26.1. The van der Waals surface area contributed by atoms with E-state index in [4.69, 9.17) is 5.73 Å². The third-order valence-electron chi connectivity index (χ3n) is 4.77. The number of nitrogens with zero attached hydrogens (tertiary/aromatic N) is 4. The van der Waals surface area contributed by atoms with E-state index in [2.05, 4.69) is 17.1 Å². The summed E-state index contributed by atoms with van der Waals surface area (Å²) >= 11 is 0. The molecule has 25 heavy (non-hydrogen) atoms. The number of nitriles is 2. The number of nitrogens with two attached hydrogens (primary N) is 1. The average Bonchev–Trinajstić information content (AvgIpc) is 2.92. The SMILES string of the molecule is CC(=O)C1=CN2[C@H](C(N)=O)[C@H](c3cccnc3)C(C#N)(C#N)[C@@H]2C=C1. The average molecular weight is 333 g/mol. The second-order valence-corrected chi connectivity index (χ2v) is 6.10. The summed E-state index contributed by atoms with van der Waals surface area (Å²) < 4.78 is 0. The summed E-state index contributed by atoms with van der Waals surface area (Å²) in [5.41, 5.74) is 5.06. The number of hydrogen-bond acceptors (Lipinski definition) is 6. The fraction of sp³-hybridized carbons (Fsp3) is 0.278. The molecule has 0 bridgehead atoms. The standard InChI is InChI=1S/C18H15N5O2/c1-11(24)13-4-5-14-18(9-19,10-20)15(12-3-2-6-22-7-12)16(17(21)25)23(14)8-13/h2-8,14-16H,1H3,(H2,21,25)/t14-,15-,16-/m0/s1. The highest BCUT2D eigenvalue weighted by Crippen LogP contribution is 2.52. The molecule has 0 unspecified atom stereocenters. The Morgan fingerprint density at radius 3 is 2.60 bits per heavy atom. The highest BCUT2D eigenvalue weighted by Gasteiger charge is 2.62. The number of amides is 1. The summed E-state index contributed by atoms with van der Waals surface area (Å²) in [5, 5.41) is 19.7. The summed E-state index contributed by atoms with van der Waals surface area (Å²) in [6.45, 7) is 1.41. The lowest BCUT2D eigenvalue weighted by Crippen LogP contribution is -2.43. The molecule has 3 rings (SSSR count). The number of allylic oxidation sites excluding steroid dienone is 2. The van der Waals surface area contributed by atoms with E-state index in [0.717, 1.165) is 0 Å². The van der Waals surface area contributed by atoms with Gasteiger partial charge in [0.25, 0.3) is 0 Å². The highest BCUT2D eigenvalue weighted by atomic mass is 16.1. The first-order valence-electron chi connectivity index (χ1n) is 7.66. The summed E-state index contributed by atoms with van der Waals surface area (Å²) in [4.78, 5) is 29.6. The molecule has 124 valence electrons. The molecule has 3 heterocycles. The number of ketones is 1. The molecule has 0 aromatic carbocycles. The molecule has 2 aliphatic rings. The summed E-state index contributed by atoms with van der Waals surface area (Å²) in [6, 6.07) is 5.97. The molecule has 1 fully saturated rings. The summed E-state index contributed by atoms with van der Waals surface area (Å²) in [5.74, 6) is -1.63. The van der Waals surface area contributed by atoms with Gasteiger partial charge in [-0.2, -0.15) is 10.5 Å². The van der Waals surface area contributed by atoms with Crippen LogP contribution in [-0.4, -0.2) is 33.7 Å². The van der Waals surface area contributed by atoms with Crippen LogP contribution in [0, 0.1) is 28.1 Å². The zero-order valence-corrected chi connectivity index (χ0v) is 13.5. The number of aromatic nitrogens is 1.